The van der Waals surface area contributed by atoms with Gasteiger partial charge in [-0.25, -0.2) is 24.9 Å². The van der Waals surface area contributed by atoms with Crippen LogP contribution in [0.25, 0.3) is 55.3 Å². The Hall–Kier alpha value is -4.31. The molecule has 0 radical (unpaired) electrons. The lowest BCUT2D eigenvalue weighted by molar-refractivity contribution is 0.102. The van der Waals surface area contributed by atoms with Crippen molar-refractivity contribution in [3.05, 3.63) is 60.3 Å². The molecule has 0 amide bonds. The maximum atomic E-state index is 11.7. The van der Waals surface area contributed by atoms with Gasteiger partial charge in [-0.05, 0) is 31.2 Å². The van der Waals surface area contributed by atoms with E-state index in [0.717, 1.165) is 32.5 Å². The quantitative estimate of drug-likeness (QED) is 0.393. The SMILES string of the molecule is CC(=O)c1ccc(-c2ccnc3[nH]c(-c4n[nH]c5ncc(-c6cncnc6)cc45)nc23)s1. The summed E-state index contributed by atoms with van der Waals surface area (Å²) in [6.45, 7) is 1.57. The minimum atomic E-state index is 0.0457. The molecule has 154 valence electrons. The number of H-pyrrole nitrogens is 2. The van der Waals surface area contributed by atoms with E-state index >= 15 is 0 Å². The van der Waals surface area contributed by atoms with E-state index < -0.39 is 0 Å². The standard InChI is InChI=1S/C22H14N8OS/c1-11(31)16-2-3-17(32-16)14-4-5-25-21-18(14)27-22(28-21)19-15-6-12(9-26-20(15)30-29-19)13-7-23-10-24-8-13/h2-10H,1H3,(H,25,27,28)(H,26,29,30). The fourth-order valence-electron chi connectivity index (χ4n) is 3.58. The van der Waals surface area contributed by atoms with Crippen LogP contribution in [0.3, 0.4) is 0 Å². The van der Waals surface area contributed by atoms with Crippen molar-refractivity contribution in [2.24, 2.45) is 0 Å². The van der Waals surface area contributed by atoms with Crippen LogP contribution in [0, 0.1) is 0 Å². The number of thiophene rings is 1. The number of aromatic nitrogens is 8. The van der Waals surface area contributed by atoms with Crippen LogP contribution in [0.5, 0.6) is 0 Å². The Balaban J connectivity index is 1.49. The molecule has 6 aromatic heterocycles. The molecule has 0 aliphatic carbocycles. The zero-order valence-electron chi connectivity index (χ0n) is 16.7. The molecule has 9 nitrogen and oxygen atoms in total. The number of imidazole rings is 1. The zero-order valence-corrected chi connectivity index (χ0v) is 17.5. The highest BCUT2D eigenvalue weighted by atomic mass is 32.1. The van der Waals surface area contributed by atoms with Crippen LogP contribution >= 0.6 is 11.3 Å². The van der Waals surface area contributed by atoms with Gasteiger partial charge in [-0.1, -0.05) is 0 Å². The van der Waals surface area contributed by atoms with Crippen LogP contribution in [0.2, 0.25) is 0 Å². The summed E-state index contributed by atoms with van der Waals surface area (Å²) in [6.07, 6.45) is 8.45. The first kappa shape index (κ1) is 18.5. The first-order valence-electron chi connectivity index (χ1n) is 9.73. The van der Waals surface area contributed by atoms with E-state index in [9.17, 15) is 4.79 Å². The number of pyridine rings is 2. The molecule has 0 aliphatic rings. The highest BCUT2D eigenvalue weighted by Gasteiger charge is 2.18. The summed E-state index contributed by atoms with van der Waals surface area (Å²) in [4.78, 5) is 38.5. The molecular weight excluding hydrogens is 424 g/mol. The van der Waals surface area contributed by atoms with Crippen molar-refractivity contribution in [1.82, 2.24) is 40.1 Å². The molecule has 10 heteroatoms. The normalized spacial score (nSPS) is 11.4. The summed E-state index contributed by atoms with van der Waals surface area (Å²) >= 11 is 1.44. The highest BCUT2D eigenvalue weighted by Crippen LogP contribution is 2.34. The maximum Gasteiger partial charge on any atom is 0.169 e. The summed E-state index contributed by atoms with van der Waals surface area (Å²) in [6, 6.07) is 7.66. The van der Waals surface area contributed by atoms with Crippen molar-refractivity contribution in [3.8, 4) is 33.1 Å². The van der Waals surface area contributed by atoms with Gasteiger partial charge in [-0.15, -0.1) is 11.3 Å². The summed E-state index contributed by atoms with van der Waals surface area (Å²) in [7, 11) is 0. The molecule has 0 aromatic carbocycles. The van der Waals surface area contributed by atoms with E-state index in [2.05, 4.69) is 35.1 Å². The Labute approximate surface area is 184 Å². The molecule has 32 heavy (non-hydrogen) atoms. The Morgan fingerprint density at radius 1 is 1.00 bits per heavy atom. The smallest absolute Gasteiger partial charge is 0.169 e. The zero-order chi connectivity index (χ0) is 21.7. The summed E-state index contributed by atoms with van der Waals surface area (Å²) in [5.74, 6) is 0.627. The average molecular weight is 438 g/mol. The van der Waals surface area contributed by atoms with Gasteiger partial charge in [0, 0.05) is 46.4 Å². The number of carbonyl (C=O) groups is 1. The minimum Gasteiger partial charge on any atom is -0.321 e. The van der Waals surface area contributed by atoms with Gasteiger partial charge in [0.2, 0.25) is 0 Å². The Kier molecular flexibility index (Phi) is 4.12. The van der Waals surface area contributed by atoms with E-state index in [1.165, 1.54) is 17.7 Å². The number of Topliss-reactive ketones (excluding diaryl/α,β-unsaturated/α-hetero) is 1. The van der Waals surface area contributed by atoms with Crippen LogP contribution in [-0.2, 0) is 0 Å². The molecule has 0 aliphatic heterocycles. The van der Waals surface area contributed by atoms with Crippen LogP contribution in [0.4, 0.5) is 0 Å². The van der Waals surface area contributed by atoms with E-state index in [1.807, 2.05) is 24.3 Å². The lowest BCUT2D eigenvalue weighted by Gasteiger charge is -2.00. The lowest BCUT2D eigenvalue weighted by Crippen LogP contribution is -1.85. The van der Waals surface area contributed by atoms with E-state index in [0.29, 0.717) is 27.7 Å². The highest BCUT2D eigenvalue weighted by molar-refractivity contribution is 7.17. The number of rotatable bonds is 4. The molecule has 2 N–H and O–H groups in total. The molecule has 0 spiro atoms. The monoisotopic (exact) mass is 438 g/mol. The van der Waals surface area contributed by atoms with Crippen LogP contribution in [-0.4, -0.2) is 45.9 Å². The van der Waals surface area contributed by atoms with Crippen molar-refractivity contribution in [1.29, 1.82) is 0 Å². The molecule has 6 heterocycles. The summed E-state index contributed by atoms with van der Waals surface area (Å²) in [5.41, 5.74) is 5.32. The molecule has 6 rings (SSSR count). The Morgan fingerprint density at radius 3 is 2.69 bits per heavy atom. The Bertz CT molecular complexity index is 1620. The second-order valence-electron chi connectivity index (χ2n) is 7.18. The third-order valence-corrected chi connectivity index (χ3v) is 6.36. The number of aromatic amines is 2. The van der Waals surface area contributed by atoms with Crippen LogP contribution < -0.4 is 0 Å². The molecular formula is C22H14N8OS. The Morgan fingerprint density at radius 2 is 1.88 bits per heavy atom. The average Bonchev–Trinajstić information content (AvgIpc) is 3.56. The second-order valence-corrected chi connectivity index (χ2v) is 8.26. The van der Waals surface area contributed by atoms with Gasteiger partial charge in [-0.3, -0.25) is 9.89 Å². The number of fused-ring (bicyclic) bond motifs is 2. The van der Waals surface area contributed by atoms with Gasteiger partial charge in [0.15, 0.2) is 22.9 Å². The molecule has 0 atom stereocenters. The van der Waals surface area contributed by atoms with Gasteiger partial charge >= 0.3 is 0 Å². The van der Waals surface area contributed by atoms with Crippen molar-refractivity contribution in [2.45, 2.75) is 6.92 Å². The molecule has 0 bridgehead atoms. The predicted molar refractivity (Wildman–Crippen MR) is 121 cm³/mol. The first-order chi connectivity index (χ1) is 15.7. The third kappa shape index (κ3) is 2.96. The topological polar surface area (TPSA) is 126 Å². The largest absolute Gasteiger partial charge is 0.321 e. The van der Waals surface area contributed by atoms with Crippen molar-refractivity contribution < 1.29 is 4.79 Å². The molecule has 0 saturated heterocycles. The van der Waals surface area contributed by atoms with Crippen molar-refractivity contribution in [3.63, 3.8) is 0 Å². The fraction of sp³-hybridized carbons (Fsp3) is 0.0455. The number of carbonyl (C=O) groups excluding carboxylic acids is 1. The molecule has 6 aromatic rings. The molecule has 0 unspecified atom stereocenters. The number of hydrogen-bond donors (Lipinski definition) is 2. The molecule has 0 saturated carbocycles. The summed E-state index contributed by atoms with van der Waals surface area (Å²) in [5, 5.41) is 8.23. The predicted octanol–water partition coefficient (Wildman–Crippen LogP) is 4.28. The lowest BCUT2D eigenvalue weighted by atomic mass is 10.1. The number of hydrogen-bond acceptors (Lipinski definition) is 8. The number of nitrogens with zero attached hydrogens (tertiary/aromatic N) is 6. The van der Waals surface area contributed by atoms with Crippen LogP contribution in [0.1, 0.15) is 16.6 Å². The number of ketones is 1. The van der Waals surface area contributed by atoms with Crippen LogP contribution in [0.15, 0.2) is 55.4 Å². The van der Waals surface area contributed by atoms with Crippen molar-refractivity contribution >= 4 is 39.3 Å². The van der Waals surface area contributed by atoms with Gasteiger partial charge in [0.05, 0.1) is 10.3 Å². The number of nitrogens with one attached hydrogen (secondary N) is 2. The van der Waals surface area contributed by atoms with E-state index in [-0.39, 0.29) is 5.78 Å². The fourth-order valence-corrected chi connectivity index (χ4v) is 4.51. The van der Waals surface area contributed by atoms with Gasteiger partial charge < -0.3 is 4.98 Å². The van der Waals surface area contributed by atoms with Gasteiger partial charge in [0.1, 0.15) is 17.5 Å². The van der Waals surface area contributed by atoms with Crippen molar-refractivity contribution in [2.75, 3.05) is 0 Å². The van der Waals surface area contributed by atoms with E-state index in [4.69, 9.17) is 4.98 Å². The third-order valence-electron chi connectivity index (χ3n) is 5.14. The minimum absolute atomic E-state index is 0.0457. The van der Waals surface area contributed by atoms with Gasteiger partial charge in [0.25, 0.3) is 0 Å². The first-order valence-corrected chi connectivity index (χ1v) is 10.5. The maximum absolute atomic E-state index is 11.7. The second kappa shape index (κ2) is 7.13. The van der Waals surface area contributed by atoms with E-state index in [1.54, 1.807) is 31.7 Å². The molecule has 0 fully saturated rings. The van der Waals surface area contributed by atoms with Gasteiger partial charge in [-0.2, -0.15) is 5.10 Å². The summed E-state index contributed by atoms with van der Waals surface area (Å²) < 4.78 is 0.